The minimum Gasteiger partial charge on any atom is -0.356 e. The van der Waals surface area contributed by atoms with Gasteiger partial charge in [-0.1, -0.05) is 37.3 Å². The van der Waals surface area contributed by atoms with Gasteiger partial charge < -0.3 is 9.80 Å². The van der Waals surface area contributed by atoms with Gasteiger partial charge >= 0.3 is 0 Å². The van der Waals surface area contributed by atoms with Gasteiger partial charge in [-0.3, -0.25) is 0 Å². The van der Waals surface area contributed by atoms with Gasteiger partial charge in [-0.15, -0.1) is 0 Å². The summed E-state index contributed by atoms with van der Waals surface area (Å²) in [5.74, 6) is 3.39. The number of anilines is 1. The molecule has 5 rings (SSSR count). The van der Waals surface area contributed by atoms with Crippen molar-refractivity contribution in [1.82, 2.24) is 24.5 Å². The fourth-order valence-electron chi connectivity index (χ4n) is 4.81. The highest BCUT2D eigenvalue weighted by Gasteiger charge is 2.26. The lowest BCUT2D eigenvalue weighted by Crippen LogP contribution is -2.43. The van der Waals surface area contributed by atoms with E-state index in [1.54, 1.807) is 6.33 Å². The topological polar surface area (TPSA) is 49.6 Å². The predicted octanol–water partition coefficient (Wildman–Crippen LogP) is 3.74. The van der Waals surface area contributed by atoms with Crippen LogP contribution in [0.5, 0.6) is 0 Å². The third-order valence-corrected chi connectivity index (χ3v) is 6.54. The van der Waals surface area contributed by atoms with Gasteiger partial charge in [0.25, 0.3) is 5.78 Å². The first kappa shape index (κ1) is 18.6. The molecule has 0 aliphatic carbocycles. The van der Waals surface area contributed by atoms with Crippen LogP contribution in [0.1, 0.15) is 32.6 Å². The lowest BCUT2D eigenvalue weighted by molar-refractivity contribution is 0.159. The molecule has 0 saturated carbocycles. The van der Waals surface area contributed by atoms with Crippen LogP contribution in [-0.2, 0) is 0 Å². The maximum absolute atomic E-state index is 4.74. The first-order valence-electron chi connectivity index (χ1n) is 11.0. The van der Waals surface area contributed by atoms with Gasteiger partial charge in [-0.25, -0.2) is 4.98 Å². The summed E-state index contributed by atoms with van der Waals surface area (Å²) in [5, 5.41) is 4.47. The van der Waals surface area contributed by atoms with E-state index in [1.165, 1.54) is 45.3 Å². The standard InChI is InChI=1S/C23H30N6/c1-18-9-12-27(13-10-18)15-19-6-5-11-28(16-19)22-14-21(20-7-3-2-4-8-20)26-23-24-17-25-29(22)23/h2-4,7-8,14,17-19H,5-6,9-13,15-16H2,1H3. The molecule has 2 aromatic heterocycles. The zero-order valence-electron chi connectivity index (χ0n) is 17.2. The summed E-state index contributed by atoms with van der Waals surface area (Å²) in [7, 11) is 0. The molecule has 6 heteroatoms. The number of nitrogens with zero attached hydrogens (tertiary/aromatic N) is 6. The van der Waals surface area contributed by atoms with E-state index in [9.17, 15) is 0 Å². The van der Waals surface area contributed by atoms with Gasteiger partial charge in [0.2, 0.25) is 0 Å². The van der Waals surface area contributed by atoms with Crippen molar-refractivity contribution in [2.45, 2.75) is 32.6 Å². The SMILES string of the molecule is CC1CCN(CC2CCCN(c3cc(-c4ccccc4)nc4ncnn34)C2)CC1. The lowest BCUT2D eigenvalue weighted by Gasteiger charge is -2.38. The second-order valence-electron chi connectivity index (χ2n) is 8.77. The second kappa shape index (κ2) is 8.11. The Labute approximate surface area is 172 Å². The molecule has 0 spiro atoms. The second-order valence-corrected chi connectivity index (χ2v) is 8.77. The number of benzene rings is 1. The summed E-state index contributed by atoms with van der Waals surface area (Å²) in [5.41, 5.74) is 2.09. The van der Waals surface area contributed by atoms with Crippen LogP contribution in [0.2, 0.25) is 0 Å². The molecular formula is C23H30N6. The number of likely N-dealkylation sites (tertiary alicyclic amines) is 1. The van der Waals surface area contributed by atoms with E-state index < -0.39 is 0 Å². The Kier molecular flexibility index (Phi) is 5.19. The third kappa shape index (κ3) is 3.99. The molecule has 2 saturated heterocycles. The van der Waals surface area contributed by atoms with Crippen molar-refractivity contribution in [3.63, 3.8) is 0 Å². The van der Waals surface area contributed by atoms with E-state index >= 15 is 0 Å². The van der Waals surface area contributed by atoms with Crippen molar-refractivity contribution >= 4 is 11.6 Å². The van der Waals surface area contributed by atoms with Gasteiger partial charge in [0.05, 0.1) is 5.69 Å². The Bertz CT molecular complexity index is 944. The Morgan fingerprint density at radius 1 is 1.03 bits per heavy atom. The molecule has 1 aromatic carbocycles. The molecule has 2 fully saturated rings. The molecule has 1 atom stereocenters. The Hall–Kier alpha value is -2.47. The normalized spacial score (nSPS) is 21.7. The smallest absolute Gasteiger partial charge is 0.254 e. The van der Waals surface area contributed by atoms with E-state index in [0.29, 0.717) is 11.7 Å². The Morgan fingerprint density at radius 2 is 1.86 bits per heavy atom. The van der Waals surface area contributed by atoms with Crippen LogP contribution in [0.25, 0.3) is 17.0 Å². The van der Waals surface area contributed by atoms with Crippen LogP contribution >= 0.6 is 0 Å². The van der Waals surface area contributed by atoms with E-state index in [0.717, 1.165) is 36.1 Å². The van der Waals surface area contributed by atoms with E-state index in [2.05, 4.69) is 57.1 Å². The zero-order valence-corrected chi connectivity index (χ0v) is 17.2. The molecule has 6 nitrogen and oxygen atoms in total. The first-order valence-corrected chi connectivity index (χ1v) is 11.0. The highest BCUT2D eigenvalue weighted by Crippen LogP contribution is 2.28. The highest BCUT2D eigenvalue weighted by molar-refractivity contribution is 5.65. The van der Waals surface area contributed by atoms with Crippen LogP contribution in [0.15, 0.2) is 42.7 Å². The molecule has 4 heterocycles. The van der Waals surface area contributed by atoms with Crippen LogP contribution in [0.3, 0.4) is 0 Å². The van der Waals surface area contributed by atoms with Gasteiger partial charge in [-0.05, 0) is 50.6 Å². The number of piperidine rings is 2. The average molecular weight is 391 g/mol. The number of hydrogen-bond acceptors (Lipinski definition) is 5. The number of hydrogen-bond donors (Lipinski definition) is 0. The molecule has 2 aliphatic rings. The number of fused-ring (bicyclic) bond motifs is 1. The first-order chi connectivity index (χ1) is 14.3. The van der Waals surface area contributed by atoms with Crippen LogP contribution in [0, 0.1) is 11.8 Å². The van der Waals surface area contributed by atoms with E-state index in [-0.39, 0.29) is 0 Å². The monoisotopic (exact) mass is 390 g/mol. The molecule has 0 amide bonds. The van der Waals surface area contributed by atoms with Crippen molar-refractivity contribution in [3.05, 3.63) is 42.7 Å². The fraction of sp³-hybridized carbons (Fsp3) is 0.522. The van der Waals surface area contributed by atoms with Gasteiger partial charge in [0, 0.05) is 31.3 Å². The highest BCUT2D eigenvalue weighted by atomic mass is 15.4. The fourth-order valence-corrected chi connectivity index (χ4v) is 4.81. The Balaban J connectivity index is 1.39. The van der Waals surface area contributed by atoms with Crippen molar-refractivity contribution in [2.75, 3.05) is 37.6 Å². The lowest BCUT2D eigenvalue weighted by atomic mass is 9.94. The maximum atomic E-state index is 4.74. The third-order valence-electron chi connectivity index (χ3n) is 6.54. The Morgan fingerprint density at radius 3 is 2.69 bits per heavy atom. The van der Waals surface area contributed by atoms with Gasteiger partial charge in [-0.2, -0.15) is 14.6 Å². The molecule has 0 N–H and O–H groups in total. The molecule has 0 bridgehead atoms. The minimum atomic E-state index is 0.675. The predicted molar refractivity (Wildman–Crippen MR) is 116 cm³/mol. The summed E-state index contributed by atoms with van der Waals surface area (Å²) < 4.78 is 1.90. The molecular weight excluding hydrogens is 360 g/mol. The summed E-state index contributed by atoms with van der Waals surface area (Å²) in [6.07, 6.45) is 6.85. The summed E-state index contributed by atoms with van der Waals surface area (Å²) >= 11 is 0. The van der Waals surface area contributed by atoms with Crippen LogP contribution in [-0.4, -0.2) is 57.2 Å². The van der Waals surface area contributed by atoms with Crippen molar-refractivity contribution in [1.29, 1.82) is 0 Å². The maximum Gasteiger partial charge on any atom is 0.254 e. The van der Waals surface area contributed by atoms with E-state index in [1.807, 2.05) is 10.6 Å². The van der Waals surface area contributed by atoms with Crippen molar-refractivity contribution < 1.29 is 0 Å². The molecule has 3 aromatic rings. The van der Waals surface area contributed by atoms with Crippen molar-refractivity contribution in [3.8, 4) is 11.3 Å². The molecule has 29 heavy (non-hydrogen) atoms. The molecule has 152 valence electrons. The summed E-state index contributed by atoms with van der Waals surface area (Å²) in [4.78, 5) is 14.3. The average Bonchev–Trinajstić information content (AvgIpc) is 3.24. The van der Waals surface area contributed by atoms with E-state index in [4.69, 9.17) is 4.98 Å². The molecule has 2 aliphatic heterocycles. The number of aromatic nitrogens is 4. The summed E-state index contributed by atoms with van der Waals surface area (Å²) in [6, 6.07) is 12.5. The van der Waals surface area contributed by atoms with Crippen LogP contribution < -0.4 is 4.90 Å². The van der Waals surface area contributed by atoms with Gasteiger partial charge in [0.1, 0.15) is 12.1 Å². The molecule has 1 unspecified atom stereocenters. The van der Waals surface area contributed by atoms with Gasteiger partial charge in [0.15, 0.2) is 0 Å². The van der Waals surface area contributed by atoms with Crippen LogP contribution in [0.4, 0.5) is 5.82 Å². The summed E-state index contributed by atoms with van der Waals surface area (Å²) in [6.45, 7) is 8.29. The largest absolute Gasteiger partial charge is 0.356 e. The van der Waals surface area contributed by atoms with Crippen molar-refractivity contribution in [2.24, 2.45) is 11.8 Å². The number of rotatable bonds is 4. The minimum absolute atomic E-state index is 0.675. The molecule has 0 radical (unpaired) electrons. The zero-order chi connectivity index (χ0) is 19.6. The quantitative estimate of drug-likeness (QED) is 0.679.